The van der Waals surface area contributed by atoms with Gasteiger partial charge in [-0.3, -0.25) is 0 Å². The standard InChI is InChI=1S/C13H10Cl2O2/c14-10-5-6-13(11(15)7-10)17-12-4-2-1-3-9(12)8-16/h1-7,16H,8H2. The smallest absolute Gasteiger partial charge is 0.146 e. The minimum Gasteiger partial charge on any atom is -0.455 e. The predicted octanol–water partition coefficient (Wildman–Crippen LogP) is 4.28. The molecule has 2 aromatic rings. The van der Waals surface area contributed by atoms with Crippen molar-refractivity contribution in [1.82, 2.24) is 0 Å². The Morgan fingerprint density at radius 3 is 2.47 bits per heavy atom. The summed E-state index contributed by atoms with van der Waals surface area (Å²) in [6.45, 7) is -0.0820. The van der Waals surface area contributed by atoms with E-state index in [-0.39, 0.29) is 6.61 Å². The lowest BCUT2D eigenvalue weighted by Gasteiger charge is -2.10. The van der Waals surface area contributed by atoms with Crippen LogP contribution in [0.1, 0.15) is 5.56 Å². The van der Waals surface area contributed by atoms with Gasteiger partial charge in [0, 0.05) is 10.6 Å². The van der Waals surface area contributed by atoms with Crippen molar-refractivity contribution in [3.8, 4) is 11.5 Å². The van der Waals surface area contributed by atoms with Gasteiger partial charge in [0.25, 0.3) is 0 Å². The molecule has 0 saturated heterocycles. The van der Waals surface area contributed by atoms with E-state index in [1.54, 1.807) is 30.3 Å². The number of aliphatic hydroxyl groups is 1. The molecule has 0 amide bonds. The van der Waals surface area contributed by atoms with Crippen molar-refractivity contribution < 1.29 is 9.84 Å². The van der Waals surface area contributed by atoms with Crippen LogP contribution in [0.4, 0.5) is 0 Å². The van der Waals surface area contributed by atoms with Crippen LogP contribution in [0.15, 0.2) is 42.5 Å². The van der Waals surface area contributed by atoms with Crippen molar-refractivity contribution in [2.75, 3.05) is 0 Å². The van der Waals surface area contributed by atoms with Crippen molar-refractivity contribution in [2.45, 2.75) is 6.61 Å². The summed E-state index contributed by atoms with van der Waals surface area (Å²) in [5.41, 5.74) is 0.707. The topological polar surface area (TPSA) is 29.5 Å². The molecule has 1 N–H and O–H groups in total. The molecule has 2 aromatic carbocycles. The molecule has 17 heavy (non-hydrogen) atoms. The van der Waals surface area contributed by atoms with Gasteiger partial charge in [0.05, 0.1) is 11.6 Å². The molecular weight excluding hydrogens is 259 g/mol. The Bertz CT molecular complexity index is 527. The molecule has 0 spiro atoms. The Morgan fingerprint density at radius 2 is 1.76 bits per heavy atom. The van der Waals surface area contributed by atoms with Crippen LogP contribution < -0.4 is 4.74 Å². The van der Waals surface area contributed by atoms with Crippen LogP contribution in [-0.4, -0.2) is 5.11 Å². The van der Waals surface area contributed by atoms with Crippen LogP contribution in [0.3, 0.4) is 0 Å². The van der Waals surface area contributed by atoms with Crippen LogP contribution in [-0.2, 0) is 6.61 Å². The van der Waals surface area contributed by atoms with E-state index in [9.17, 15) is 5.11 Å². The first kappa shape index (κ1) is 12.2. The Hall–Kier alpha value is -1.22. The molecule has 0 unspecified atom stereocenters. The summed E-state index contributed by atoms with van der Waals surface area (Å²) in [7, 11) is 0. The predicted molar refractivity (Wildman–Crippen MR) is 68.9 cm³/mol. The summed E-state index contributed by atoms with van der Waals surface area (Å²) >= 11 is 11.8. The second-order valence-corrected chi connectivity index (χ2v) is 4.29. The Kier molecular flexibility index (Phi) is 3.89. The van der Waals surface area contributed by atoms with Gasteiger partial charge >= 0.3 is 0 Å². The van der Waals surface area contributed by atoms with Gasteiger partial charge in [-0.25, -0.2) is 0 Å². The van der Waals surface area contributed by atoms with Gasteiger partial charge in [-0.15, -0.1) is 0 Å². The van der Waals surface area contributed by atoms with Crippen LogP contribution in [0.5, 0.6) is 11.5 Å². The number of rotatable bonds is 3. The van der Waals surface area contributed by atoms with Gasteiger partial charge in [-0.1, -0.05) is 41.4 Å². The number of ether oxygens (including phenoxy) is 1. The highest BCUT2D eigenvalue weighted by Crippen LogP contribution is 2.32. The van der Waals surface area contributed by atoms with E-state index in [0.29, 0.717) is 27.1 Å². The molecule has 0 saturated carbocycles. The maximum absolute atomic E-state index is 9.18. The molecule has 88 valence electrons. The van der Waals surface area contributed by atoms with Crippen molar-refractivity contribution in [3.05, 3.63) is 58.1 Å². The fourth-order valence-electron chi connectivity index (χ4n) is 1.41. The molecule has 0 bridgehead atoms. The second kappa shape index (κ2) is 5.41. The minimum absolute atomic E-state index is 0.0820. The zero-order valence-electron chi connectivity index (χ0n) is 8.86. The highest BCUT2D eigenvalue weighted by Gasteiger charge is 2.06. The molecular formula is C13H10Cl2O2. The Balaban J connectivity index is 2.31. The molecule has 0 radical (unpaired) electrons. The SMILES string of the molecule is OCc1ccccc1Oc1ccc(Cl)cc1Cl. The van der Waals surface area contributed by atoms with E-state index in [2.05, 4.69) is 0 Å². The van der Waals surface area contributed by atoms with E-state index < -0.39 is 0 Å². The summed E-state index contributed by atoms with van der Waals surface area (Å²) in [6, 6.07) is 12.2. The number of hydrogen-bond acceptors (Lipinski definition) is 2. The molecule has 2 nitrogen and oxygen atoms in total. The maximum atomic E-state index is 9.18. The molecule has 0 atom stereocenters. The third kappa shape index (κ3) is 2.91. The van der Waals surface area contributed by atoms with Gasteiger partial charge in [0.1, 0.15) is 11.5 Å². The van der Waals surface area contributed by atoms with Gasteiger partial charge in [-0.05, 0) is 24.3 Å². The fraction of sp³-hybridized carbons (Fsp3) is 0.0769. The molecule has 0 heterocycles. The van der Waals surface area contributed by atoms with Gasteiger partial charge in [0.2, 0.25) is 0 Å². The number of para-hydroxylation sites is 1. The third-order valence-corrected chi connectivity index (χ3v) is 2.79. The molecule has 0 fully saturated rings. The van der Waals surface area contributed by atoms with E-state index in [1.807, 2.05) is 12.1 Å². The van der Waals surface area contributed by atoms with Crippen molar-refractivity contribution in [1.29, 1.82) is 0 Å². The highest BCUT2D eigenvalue weighted by atomic mass is 35.5. The summed E-state index contributed by atoms with van der Waals surface area (Å²) in [4.78, 5) is 0. The van der Waals surface area contributed by atoms with E-state index >= 15 is 0 Å². The summed E-state index contributed by atoms with van der Waals surface area (Å²) in [6.07, 6.45) is 0. The lowest BCUT2D eigenvalue weighted by Crippen LogP contribution is -1.91. The molecule has 0 aliphatic carbocycles. The third-order valence-electron chi connectivity index (χ3n) is 2.26. The van der Waals surface area contributed by atoms with E-state index in [0.717, 1.165) is 0 Å². The van der Waals surface area contributed by atoms with Crippen LogP contribution in [0.25, 0.3) is 0 Å². The van der Waals surface area contributed by atoms with Gasteiger partial charge in [-0.2, -0.15) is 0 Å². The van der Waals surface area contributed by atoms with E-state index in [4.69, 9.17) is 27.9 Å². The Labute approximate surface area is 109 Å². The number of aliphatic hydroxyl groups excluding tert-OH is 1. The first-order chi connectivity index (χ1) is 8.20. The summed E-state index contributed by atoms with van der Waals surface area (Å²) in [5.74, 6) is 1.09. The average molecular weight is 269 g/mol. The Morgan fingerprint density at radius 1 is 1.00 bits per heavy atom. The normalized spacial score (nSPS) is 10.3. The van der Waals surface area contributed by atoms with Crippen molar-refractivity contribution >= 4 is 23.2 Å². The van der Waals surface area contributed by atoms with Crippen LogP contribution in [0, 0.1) is 0 Å². The number of hydrogen-bond donors (Lipinski definition) is 1. The molecule has 0 aromatic heterocycles. The van der Waals surface area contributed by atoms with Crippen LogP contribution >= 0.6 is 23.2 Å². The zero-order valence-corrected chi connectivity index (χ0v) is 10.4. The van der Waals surface area contributed by atoms with Gasteiger partial charge in [0.15, 0.2) is 0 Å². The molecule has 4 heteroatoms. The van der Waals surface area contributed by atoms with Crippen molar-refractivity contribution in [3.63, 3.8) is 0 Å². The lowest BCUT2D eigenvalue weighted by molar-refractivity contribution is 0.276. The second-order valence-electron chi connectivity index (χ2n) is 3.44. The summed E-state index contributed by atoms with van der Waals surface area (Å²) in [5, 5.41) is 10.2. The molecule has 2 rings (SSSR count). The zero-order chi connectivity index (χ0) is 12.3. The molecule has 0 aliphatic rings. The average Bonchev–Trinajstić information content (AvgIpc) is 2.33. The quantitative estimate of drug-likeness (QED) is 0.901. The largest absolute Gasteiger partial charge is 0.455 e. The minimum atomic E-state index is -0.0820. The number of halogens is 2. The van der Waals surface area contributed by atoms with E-state index in [1.165, 1.54) is 0 Å². The van der Waals surface area contributed by atoms with Crippen molar-refractivity contribution in [2.24, 2.45) is 0 Å². The monoisotopic (exact) mass is 268 g/mol. The molecule has 0 aliphatic heterocycles. The summed E-state index contributed by atoms with van der Waals surface area (Å²) < 4.78 is 5.64. The maximum Gasteiger partial charge on any atom is 0.146 e. The fourth-order valence-corrected chi connectivity index (χ4v) is 1.86. The van der Waals surface area contributed by atoms with Gasteiger partial charge < -0.3 is 9.84 Å². The number of benzene rings is 2. The lowest BCUT2D eigenvalue weighted by atomic mass is 10.2. The first-order valence-electron chi connectivity index (χ1n) is 5.02. The highest BCUT2D eigenvalue weighted by molar-refractivity contribution is 6.35. The van der Waals surface area contributed by atoms with Crippen LogP contribution in [0.2, 0.25) is 10.0 Å². The first-order valence-corrected chi connectivity index (χ1v) is 5.78.